The monoisotopic (exact) mass is 735 g/mol. The normalized spacial score (nSPS) is 22.1. The number of primary amides is 1. The summed E-state index contributed by atoms with van der Waals surface area (Å²) in [6.45, 7) is 10.4. The SMILES string of the molecule is CC(=O)[C@H](N[C@H](C=O)CCC(N)=O)N1CCN(C(=O)[C@H](N[C@H](C=O)CC(C)C)N2CCN(C)[C@@H](N[C@H](C=O)CC(C)C)C2=O)[C@@H](N[C@@H](C)C=O)C1=O. The van der Waals surface area contributed by atoms with E-state index in [1.54, 1.807) is 11.9 Å². The van der Waals surface area contributed by atoms with Crippen LogP contribution in [0.1, 0.15) is 67.2 Å². The third-order valence-corrected chi connectivity index (χ3v) is 8.97. The van der Waals surface area contributed by atoms with Gasteiger partial charge in [-0.2, -0.15) is 0 Å². The van der Waals surface area contributed by atoms with Crippen molar-refractivity contribution in [3.63, 3.8) is 0 Å². The molecule has 4 amide bonds. The van der Waals surface area contributed by atoms with Crippen molar-refractivity contribution in [1.82, 2.24) is 40.9 Å². The van der Waals surface area contributed by atoms with Crippen LogP contribution in [0.25, 0.3) is 0 Å². The van der Waals surface area contributed by atoms with Crippen molar-refractivity contribution in [2.24, 2.45) is 17.6 Å². The Kier molecular flexibility index (Phi) is 17.8. The Morgan fingerprint density at radius 3 is 1.77 bits per heavy atom. The molecular formula is C34H57N9O9. The van der Waals surface area contributed by atoms with Crippen molar-refractivity contribution in [3.05, 3.63) is 0 Å². The van der Waals surface area contributed by atoms with Crippen LogP contribution < -0.4 is 27.0 Å². The van der Waals surface area contributed by atoms with E-state index in [4.69, 9.17) is 5.73 Å². The van der Waals surface area contributed by atoms with Gasteiger partial charge in [0, 0.05) is 32.6 Å². The highest BCUT2D eigenvalue weighted by Crippen LogP contribution is 2.20. The van der Waals surface area contributed by atoms with E-state index in [1.807, 2.05) is 27.7 Å². The average molecular weight is 736 g/mol. The zero-order valence-electron chi connectivity index (χ0n) is 31.3. The summed E-state index contributed by atoms with van der Waals surface area (Å²) in [6, 6.07) is -3.46. The lowest BCUT2D eigenvalue weighted by atomic mass is 10.0. The van der Waals surface area contributed by atoms with Gasteiger partial charge in [-0.3, -0.25) is 50.1 Å². The van der Waals surface area contributed by atoms with Crippen LogP contribution in [-0.2, 0) is 43.2 Å². The van der Waals surface area contributed by atoms with E-state index in [0.717, 1.165) is 16.1 Å². The molecule has 0 aliphatic carbocycles. The number of nitrogens with one attached hydrogen (secondary N) is 4. The Balaban J connectivity index is 2.55. The Bertz CT molecular complexity index is 1300. The molecule has 0 aromatic rings. The summed E-state index contributed by atoms with van der Waals surface area (Å²) >= 11 is 0. The number of ketones is 1. The fraction of sp³-hybridized carbons (Fsp3) is 0.735. The molecule has 8 atom stereocenters. The van der Waals surface area contributed by atoms with Crippen molar-refractivity contribution in [2.75, 3.05) is 33.2 Å². The lowest BCUT2D eigenvalue weighted by molar-refractivity contribution is -0.165. The zero-order chi connectivity index (χ0) is 39.3. The fourth-order valence-corrected chi connectivity index (χ4v) is 6.31. The summed E-state index contributed by atoms with van der Waals surface area (Å²) in [7, 11) is 1.71. The van der Waals surface area contributed by atoms with Crippen molar-refractivity contribution < 1.29 is 43.2 Å². The smallest absolute Gasteiger partial charge is 0.262 e. The van der Waals surface area contributed by atoms with Crippen molar-refractivity contribution >= 4 is 54.6 Å². The molecule has 0 aromatic heterocycles. The number of hydrogen-bond acceptors (Lipinski definition) is 14. The van der Waals surface area contributed by atoms with E-state index >= 15 is 0 Å². The predicted molar refractivity (Wildman–Crippen MR) is 189 cm³/mol. The number of carbonyl (C=O) groups is 9. The maximum absolute atomic E-state index is 14.7. The molecule has 2 heterocycles. The van der Waals surface area contributed by atoms with Crippen LogP contribution in [0.2, 0.25) is 0 Å². The Morgan fingerprint density at radius 1 is 0.731 bits per heavy atom. The molecule has 18 nitrogen and oxygen atoms in total. The summed E-state index contributed by atoms with van der Waals surface area (Å²) in [5.41, 5.74) is 5.22. The van der Waals surface area contributed by atoms with Gasteiger partial charge >= 0.3 is 0 Å². The number of piperazine rings is 2. The fourth-order valence-electron chi connectivity index (χ4n) is 6.31. The third-order valence-electron chi connectivity index (χ3n) is 8.97. The van der Waals surface area contributed by atoms with E-state index in [9.17, 15) is 43.2 Å². The standard InChI is InChI=1S/C34H57N9O9/c1-20(2)14-25(18-46)38-29-32(50)42(11-10-40(29)7)31(39-26(19-47)15-21(3)4)34(52)43-13-12-41(33(51)30(43)36-22(5)16-44)28(23(6)48)37-24(17-45)8-9-27(35)49/h16-22,24-26,28-31,36-39H,8-15H2,1-7H3,(H2,35,49)/t22-,24-,25-,26-,28+,29+,30+,31+/m0/s1. The van der Waals surface area contributed by atoms with Gasteiger partial charge in [0.1, 0.15) is 37.5 Å². The second-order valence-electron chi connectivity index (χ2n) is 14.4. The van der Waals surface area contributed by atoms with Crippen LogP contribution in [0.5, 0.6) is 0 Å². The molecule has 2 rings (SSSR count). The van der Waals surface area contributed by atoms with Crippen molar-refractivity contribution in [3.8, 4) is 0 Å². The maximum atomic E-state index is 14.7. The van der Waals surface area contributed by atoms with Gasteiger partial charge in [0.15, 0.2) is 18.1 Å². The molecule has 0 unspecified atom stereocenters. The van der Waals surface area contributed by atoms with E-state index < -0.39 is 78.2 Å². The molecule has 0 radical (unpaired) electrons. The molecule has 52 heavy (non-hydrogen) atoms. The lowest BCUT2D eigenvalue weighted by Gasteiger charge is -2.48. The number of rotatable bonds is 23. The Hall–Kier alpha value is -3.97. The van der Waals surface area contributed by atoms with Crippen molar-refractivity contribution in [2.45, 2.75) is 116 Å². The summed E-state index contributed by atoms with van der Waals surface area (Å²) in [5.74, 6) is -3.06. The van der Waals surface area contributed by atoms with Crippen LogP contribution in [0.3, 0.4) is 0 Å². The number of aldehydes is 4. The minimum absolute atomic E-state index is 0.0271. The van der Waals surface area contributed by atoms with Gasteiger partial charge in [-0.05, 0) is 52.0 Å². The number of carbonyl (C=O) groups excluding carboxylic acids is 9. The minimum Gasteiger partial charge on any atom is -0.370 e. The Labute approximate surface area is 305 Å². The summed E-state index contributed by atoms with van der Waals surface area (Å²) in [6.07, 6.45) is -2.22. The van der Waals surface area contributed by atoms with Crippen LogP contribution in [-0.4, -0.2) is 156 Å². The third kappa shape index (κ3) is 12.3. The van der Waals surface area contributed by atoms with E-state index in [1.165, 1.54) is 18.7 Å². The van der Waals surface area contributed by atoms with Gasteiger partial charge in [-0.15, -0.1) is 0 Å². The molecule has 2 aliphatic heterocycles. The molecule has 0 aromatic carbocycles. The number of amides is 4. The first-order valence-electron chi connectivity index (χ1n) is 17.7. The molecule has 292 valence electrons. The van der Waals surface area contributed by atoms with Crippen LogP contribution >= 0.6 is 0 Å². The molecule has 18 heteroatoms. The second kappa shape index (κ2) is 20.9. The first-order valence-corrected chi connectivity index (χ1v) is 17.7. The first kappa shape index (κ1) is 44.2. The molecule has 0 bridgehead atoms. The first-order chi connectivity index (χ1) is 24.5. The number of likely N-dealkylation sites (N-methyl/N-ethyl adjacent to an activating group) is 1. The molecule has 6 N–H and O–H groups in total. The summed E-state index contributed by atoms with van der Waals surface area (Å²) in [4.78, 5) is 120. The average Bonchev–Trinajstić information content (AvgIpc) is 3.08. The van der Waals surface area contributed by atoms with Gasteiger partial charge < -0.3 is 39.6 Å². The van der Waals surface area contributed by atoms with Crippen LogP contribution in [0, 0.1) is 11.8 Å². The van der Waals surface area contributed by atoms with E-state index in [0.29, 0.717) is 38.2 Å². The molecule has 2 saturated heterocycles. The number of hydrogen-bond donors (Lipinski definition) is 5. The zero-order valence-corrected chi connectivity index (χ0v) is 31.3. The minimum atomic E-state index is -1.50. The molecule has 2 fully saturated rings. The van der Waals surface area contributed by atoms with Gasteiger partial charge in [-0.1, -0.05) is 27.7 Å². The quantitative estimate of drug-likeness (QED) is 0.0673. The highest BCUT2D eigenvalue weighted by Gasteiger charge is 2.47. The number of Topliss-reactive ketones (excluding diaryl/α,β-unsaturated/α-hetero) is 1. The Morgan fingerprint density at radius 2 is 1.25 bits per heavy atom. The summed E-state index contributed by atoms with van der Waals surface area (Å²) in [5, 5.41) is 11.8. The van der Waals surface area contributed by atoms with Crippen molar-refractivity contribution in [1.29, 1.82) is 0 Å². The number of nitrogens with two attached hydrogens (primary N) is 1. The van der Waals surface area contributed by atoms with E-state index in [2.05, 4.69) is 21.3 Å². The van der Waals surface area contributed by atoms with Gasteiger partial charge in [-0.25, -0.2) is 0 Å². The summed E-state index contributed by atoms with van der Waals surface area (Å²) < 4.78 is 0. The van der Waals surface area contributed by atoms with Crippen LogP contribution in [0.4, 0.5) is 0 Å². The van der Waals surface area contributed by atoms with Crippen LogP contribution in [0.15, 0.2) is 0 Å². The van der Waals surface area contributed by atoms with E-state index in [-0.39, 0.29) is 44.3 Å². The maximum Gasteiger partial charge on any atom is 0.262 e. The van der Waals surface area contributed by atoms with Gasteiger partial charge in [0.05, 0.1) is 24.2 Å². The largest absolute Gasteiger partial charge is 0.370 e. The predicted octanol–water partition coefficient (Wildman–Crippen LogP) is -2.67. The topological polar surface area (TPSA) is 241 Å². The van der Waals surface area contributed by atoms with Gasteiger partial charge in [0.2, 0.25) is 5.91 Å². The number of nitrogens with zero attached hydrogens (tertiary/aromatic N) is 4. The molecule has 0 saturated carbocycles. The molecular weight excluding hydrogens is 678 g/mol. The van der Waals surface area contributed by atoms with Gasteiger partial charge in [0.25, 0.3) is 17.7 Å². The second-order valence-corrected chi connectivity index (χ2v) is 14.4. The highest BCUT2D eigenvalue weighted by atomic mass is 16.2. The lowest BCUT2D eigenvalue weighted by Crippen LogP contribution is -2.74. The highest BCUT2D eigenvalue weighted by molar-refractivity contribution is 5.96. The molecule has 0 spiro atoms. The molecule has 2 aliphatic rings.